The van der Waals surface area contributed by atoms with E-state index in [1.54, 1.807) is 6.92 Å². The fraction of sp³-hybridized carbons (Fsp3) is 0.143. The van der Waals surface area contributed by atoms with Crippen LogP contribution in [-0.4, -0.2) is 5.78 Å². The zero-order valence-corrected chi connectivity index (χ0v) is 12.5. The standard InChI is InChI=1S/C14H13NOS.BrH/c1-11(16)10-15-9-5-8-13(17)14(15)12-6-3-2-4-7-12;/h2-9H,10H2,1H3;1H. The Morgan fingerprint density at radius 1 is 1.17 bits per heavy atom. The molecule has 2 nitrogen and oxygen atoms in total. The average molecular weight is 324 g/mol. The first kappa shape index (κ1) is 14.9. The molecule has 0 amide bonds. The Morgan fingerprint density at radius 2 is 1.83 bits per heavy atom. The molecule has 0 atom stereocenters. The number of halogens is 1. The van der Waals surface area contributed by atoms with Gasteiger partial charge in [-0.2, -0.15) is 4.57 Å². The zero-order valence-electron chi connectivity index (χ0n) is 10.0. The van der Waals surface area contributed by atoms with Crippen LogP contribution in [0.25, 0.3) is 11.3 Å². The highest BCUT2D eigenvalue weighted by atomic mass is 79.9. The Morgan fingerprint density at radius 3 is 2.44 bits per heavy atom. The summed E-state index contributed by atoms with van der Waals surface area (Å²) in [5.41, 5.74) is 2.05. The monoisotopic (exact) mass is 323 g/mol. The largest absolute Gasteiger partial charge is 1.00 e. The fourth-order valence-corrected chi connectivity index (χ4v) is 2.16. The van der Waals surface area contributed by atoms with Gasteiger partial charge < -0.3 is 17.0 Å². The van der Waals surface area contributed by atoms with E-state index in [2.05, 4.69) is 12.6 Å². The number of rotatable bonds is 3. The quantitative estimate of drug-likeness (QED) is 0.598. The number of hydrogen-bond donors (Lipinski definition) is 1. The molecule has 1 heterocycles. The number of benzene rings is 1. The van der Waals surface area contributed by atoms with Gasteiger partial charge in [-0.15, -0.1) is 12.6 Å². The third-order valence-electron chi connectivity index (χ3n) is 2.49. The number of Topliss-reactive ketones (excluding diaryl/α,β-unsaturated/α-hetero) is 1. The maximum Gasteiger partial charge on any atom is 0.226 e. The lowest BCUT2D eigenvalue weighted by atomic mass is 10.1. The van der Waals surface area contributed by atoms with Gasteiger partial charge in [-0.1, -0.05) is 18.2 Å². The van der Waals surface area contributed by atoms with E-state index in [4.69, 9.17) is 0 Å². The Hall–Kier alpha value is -1.13. The highest BCUT2D eigenvalue weighted by Gasteiger charge is 2.17. The molecule has 0 saturated carbocycles. The number of hydrogen-bond acceptors (Lipinski definition) is 2. The van der Waals surface area contributed by atoms with Gasteiger partial charge in [-0.25, -0.2) is 0 Å². The molecule has 0 fully saturated rings. The van der Waals surface area contributed by atoms with Crippen molar-refractivity contribution < 1.29 is 26.3 Å². The summed E-state index contributed by atoms with van der Waals surface area (Å²) in [4.78, 5) is 12.1. The third-order valence-corrected chi connectivity index (χ3v) is 2.85. The Labute approximate surface area is 123 Å². The minimum absolute atomic E-state index is 0. The normalized spacial score (nSPS) is 9.67. The fourth-order valence-electron chi connectivity index (χ4n) is 1.82. The average Bonchev–Trinajstić information content (AvgIpc) is 2.29. The third kappa shape index (κ3) is 3.43. The van der Waals surface area contributed by atoms with Crippen LogP contribution < -0.4 is 21.5 Å². The lowest BCUT2D eigenvalue weighted by Gasteiger charge is -2.05. The van der Waals surface area contributed by atoms with Crippen molar-refractivity contribution in [1.29, 1.82) is 0 Å². The van der Waals surface area contributed by atoms with E-state index < -0.39 is 0 Å². The van der Waals surface area contributed by atoms with Crippen LogP contribution in [0, 0.1) is 0 Å². The van der Waals surface area contributed by atoms with Crippen LogP contribution in [0.3, 0.4) is 0 Å². The molecule has 0 spiro atoms. The SMILES string of the molecule is CC(=O)C[n+]1cccc(S)c1-c1ccccc1.[Br-]. The van der Waals surface area contributed by atoms with Crippen LogP contribution in [0.4, 0.5) is 0 Å². The first-order chi connectivity index (χ1) is 8.18. The second-order valence-electron chi connectivity index (χ2n) is 3.94. The lowest BCUT2D eigenvalue weighted by molar-refractivity contribution is -0.674. The summed E-state index contributed by atoms with van der Waals surface area (Å²) in [7, 11) is 0. The molecule has 0 unspecified atom stereocenters. The highest BCUT2D eigenvalue weighted by Crippen LogP contribution is 2.22. The first-order valence-corrected chi connectivity index (χ1v) is 5.89. The smallest absolute Gasteiger partial charge is 0.226 e. The van der Waals surface area contributed by atoms with Gasteiger partial charge >= 0.3 is 0 Å². The van der Waals surface area contributed by atoms with E-state index in [9.17, 15) is 4.79 Å². The maximum atomic E-state index is 11.3. The summed E-state index contributed by atoms with van der Waals surface area (Å²) in [6.07, 6.45) is 1.91. The molecule has 0 saturated heterocycles. The van der Waals surface area contributed by atoms with Crippen LogP contribution in [0.2, 0.25) is 0 Å². The van der Waals surface area contributed by atoms with Crippen molar-refractivity contribution in [1.82, 2.24) is 0 Å². The summed E-state index contributed by atoms with van der Waals surface area (Å²) < 4.78 is 1.93. The molecule has 4 heteroatoms. The van der Waals surface area contributed by atoms with Crippen molar-refractivity contribution in [2.45, 2.75) is 18.4 Å². The molecule has 18 heavy (non-hydrogen) atoms. The number of nitrogens with zero attached hydrogens (tertiary/aromatic N) is 1. The van der Waals surface area contributed by atoms with Crippen LogP contribution in [0.15, 0.2) is 53.6 Å². The zero-order chi connectivity index (χ0) is 12.3. The van der Waals surface area contributed by atoms with Crippen LogP contribution in [0.5, 0.6) is 0 Å². The Kier molecular flexibility index (Phi) is 5.56. The van der Waals surface area contributed by atoms with Crippen molar-refractivity contribution >= 4 is 18.4 Å². The van der Waals surface area contributed by atoms with E-state index in [0.717, 1.165) is 16.2 Å². The number of aromatic nitrogens is 1. The second-order valence-corrected chi connectivity index (χ2v) is 4.42. The van der Waals surface area contributed by atoms with E-state index in [1.807, 2.05) is 53.2 Å². The van der Waals surface area contributed by atoms with Gasteiger partial charge in [0.2, 0.25) is 12.2 Å². The van der Waals surface area contributed by atoms with Gasteiger partial charge in [0, 0.05) is 18.6 Å². The molecule has 94 valence electrons. The number of ketones is 1. The van der Waals surface area contributed by atoms with Gasteiger partial charge in [0.05, 0.1) is 4.90 Å². The van der Waals surface area contributed by atoms with E-state index in [1.165, 1.54) is 0 Å². The van der Waals surface area contributed by atoms with E-state index in [0.29, 0.717) is 6.54 Å². The molecule has 2 rings (SSSR count). The van der Waals surface area contributed by atoms with E-state index >= 15 is 0 Å². The molecule has 1 aromatic heterocycles. The van der Waals surface area contributed by atoms with Crippen molar-refractivity contribution in [2.75, 3.05) is 0 Å². The number of carbonyl (C=O) groups excluding carboxylic acids is 1. The van der Waals surface area contributed by atoms with Gasteiger partial charge in [0.1, 0.15) is 0 Å². The summed E-state index contributed by atoms with van der Waals surface area (Å²) in [5, 5.41) is 0. The van der Waals surface area contributed by atoms with Crippen molar-refractivity contribution in [3.05, 3.63) is 48.7 Å². The Bertz CT molecular complexity index is 543. The molecular formula is C14H14BrNOS. The summed E-state index contributed by atoms with van der Waals surface area (Å²) in [6, 6.07) is 13.8. The minimum Gasteiger partial charge on any atom is -1.00 e. The number of thiol groups is 1. The molecule has 0 aliphatic carbocycles. The number of pyridine rings is 1. The molecule has 1 aromatic carbocycles. The molecule has 0 bridgehead atoms. The van der Waals surface area contributed by atoms with E-state index in [-0.39, 0.29) is 22.8 Å². The number of carbonyl (C=O) groups is 1. The van der Waals surface area contributed by atoms with Crippen LogP contribution in [0.1, 0.15) is 6.92 Å². The molecule has 0 aliphatic heterocycles. The highest BCUT2D eigenvalue weighted by molar-refractivity contribution is 7.80. The minimum atomic E-state index is 0. The second kappa shape index (κ2) is 6.71. The van der Waals surface area contributed by atoms with Crippen molar-refractivity contribution in [2.24, 2.45) is 0 Å². The molecule has 2 aromatic rings. The van der Waals surface area contributed by atoms with Gasteiger partial charge in [-0.3, -0.25) is 4.79 Å². The summed E-state index contributed by atoms with van der Waals surface area (Å²) in [5.74, 6) is 0.131. The van der Waals surface area contributed by atoms with Crippen LogP contribution in [-0.2, 0) is 11.3 Å². The topological polar surface area (TPSA) is 20.9 Å². The summed E-state index contributed by atoms with van der Waals surface area (Å²) >= 11 is 4.47. The molecular weight excluding hydrogens is 310 g/mol. The Balaban J connectivity index is 0.00000162. The van der Waals surface area contributed by atoms with Gasteiger partial charge in [0.25, 0.3) is 0 Å². The van der Waals surface area contributed by atoms with Crippen molar-refractivity contribution in [3.8, 4) is 11.3 Å². The summed E-state index contributed by atoms with van der Waals surface area (Å²) in [6.45, 7) is 1.96. The lowest BCUT2D eigenvalue weighted by Crippen LogP contribution is -3.00. The first-order valence-electron chi connectivity index (χ1n) is 5.45. The van der Waals surface area contributed by atoms with Gasteiger partial charge in [-0.05, 0) is 18.2 Å². The predicted molar refractivity (Wildman–Crippen MR) is 70.0 cm³/mol. The maximum absolute atomic E-state index is 11.3. The van der Waals surface area contributed by atoms with Gasteiger partial charge in [0.15, 0.2) is 12.0 Å². The molecule has 0 aliphatic rings. The predicted octanol–water partition coefficient (Wildman–Crippen LogP) is -0.477. The molecule has 0 radical (unpaired) electrons. The van der Waals surface area contributed by atoms with Crippen LogP contribution >= 0.6 is 12.6 Å². The molecule has 0 N–H and O–H groups in total. The van der Waals surface area contributed by atoms with Crippen molar-refractivity contribution in [3.63, 3.8) is 0 Å².